The Morgan fingerprint density at radius 2 is 2.21 bits per heavy atom. The Labute approximate surface area is 89.1 Å². The van der Waals surface area contributed by atoms with Crippen LogP contribution in [-0.4, -0.2) is 35.1 Å². The number of nitrogens with zero attached hydrogens (tertiary/aromatic N) is 2. The van der Waals surface area contributed by atoms with Crippen LogP contribution in [0.5, 0.6) is 0 Å². The molecule has 4 nitrogen and oxygen atoms in total. The van der Waals surface area contributed by atoms with Crippen molar-refractivity contribution in [2.75, 3.05) is 5.32 Å². The highest BCUT2D eigenvalue weighted by atomic mass is 35.5. The molecule has 1 aromatic rings. The summed E-state index contributed by atoms with van der Waals surface area (Å²) in [4.78, 5) is 7.62. The second-order valence-corrected chi connectivity index (χ2v) is 3.45. The van der Waals surface area contributed by atoms with Gasteiger partial charge in [0.15, 0.2) is 0 Å². The van der Waals surface area contributed by atoms with Crippen molar-refractivity contribution in [1.29, 1.82) is 0 Å². The van der Waals surface area contributed by atoms with Gasteiger partial charge in [0, 0.05) is 6.20 Å². The predicted octanol–water partition coefficient (Wildman–Crippen LogP) is 0.105. The summed E-state index contributed by atoms with van der Waals surface area (Å²) in [6, 6.07) is -0.150. The Hall–Kier alpha value is -0.805. The van der Waals surface area contributed by atoms with Crippen LogP contribution in [0.25, 0.3) is 0 Å². The second kappa shape index (κ2) is 4.62. The monoisotopic (exact) mass is 211 g/mol. The molecule has 74 valence electrons. The van der Waals surface area contributed by atoms with Crippen molar-refractivity contribution in [3.8, 4) is 0 Å². The van der Waals surface area contributed by atoms with Crippen molar-refractivity contribution < 1.29 is 5.11 Å². The van der Waals surface area contributed by atoms with Gasteiger partial charge in [-0.25, -0.2) is 9.97 Å². The molecular weight excluding hydrogens is 200 g/mol. The first kappa shape index (κ1) is 11.3. The van der Waals surface area contributed by atoms with Crippen LogP contribution in [0.1, 0.15) is 13.8 Å². The van der Waals surface area contributed by atoms with E-state index in [-0.39, 0.29) is 11.3 Å². The first-order valence-electron chi connectivity index (χ1n) is 4.23. The molecule has 0 aromatic carbocycles. The number of halogens is 1. The molecule has 6 heteroatoms. The molecule has 0 bridgehead atoms. The van der Waals surface area contributed by atoms with E-state index in [1.165, 1.54) is 6.20 Å². The molecular formula is C8H11BClN3O. The van der Waals surface area contributed by atoms with E-state index in [2.05, 4.69) is 15.3 Å². The molecule has 0 unspecified atom stereocenters. The minimum absolute atomic E-state index is 0.125. The SMILES string of the molecule is [B]c1cnc(Cl)nc1N[C@H](C)[C@@H](C)O. The minimum atomic E-state index is -0.497. The van der Waals surface area contributed by atoms with E-state index in [0.29, 0.717) is 11.3 Å². The van der Waals surface area contributed by atoms with Gasteiger partial charge in [-0.2, -0.15) is 0 Å². The van der Waals surface area contributed by atoms with Gasteiger partial charge in [-0.05, 0) is 30.9 Å². The average Bonchev–Trinajstić information content (AvgIpc) is 2.11. The normalized spacial score (nSPS) is 14.9. The van der Waals surface area contributed by atoms with E-state index >= 15 is 0 Å². The zero-order chi connectivity index (χ0) is 10.7. The van der Waals surface area contributed by atoms with E-state index in [1.54, 1.807) is 6.92 Å². The predicted molar refractivity (Wildman–Crippen MR) is 57.2 cm³/mol. The molecule has 0 saturated carbocycles. The van der Waals surface area contributed by atoms with Crippen molar-refractivity contribution in [1.82, 2.24) is 9.97 Å². The zero-order valence-corrected chi connectivity index (χ0v) is 8.78. The quantitative estimate of drug-likeness (QED) is 0.550. The minimum Gasteiger partial charge on any atom is -0.391 e. The van der Waals surface area contributed by atoms with Gasteiger partial charge in [0.2, 0.25) is 5.28 Å². The van der Waals surface area contributed by atoms with Gasteiger partial charge in [-0.1, -0.05) is 0 Å². The van der Waals surface area contributed by atoms with E-state index in [9.17, 15) is 5.11 Å². The number of aliphatic hydroxyl groups excluding tert-OH is 1. The van der Waals surface area contributed by atoms with E-state index in [0.717, 1.165) is 0 Å². The lowest BCUT2D eigenvalue weighted by Crippen LogP contribution is -2.31. The number of anilines is 1. The third-order valence-corrected chi connectivity index (χ3v) is 2.06. The summed E-state index contributed by atoms with van der Waals surface area (Å²) in [5, 5.41) is 12.3. The van der Waals surface area contributed by atoms with Gasteiger partial charge >= 0.3 is 0 Å². The van der Waals surface area contributed by atoms with Crippen LogP contribution in [0.3, 0.4) is 0 Å². The summed E-state index contributed by atoms with van der Waals surface area (Å²) in [5.74, 6) is 0.443. The highest BCUT2D eigenvalue weighted by Crippen LogP contribution is 2.06. The van der Waals surface area contributed by atoms with Gasteiger partial charge in [0.05, 0.1) is 12.1 Å². The van der Waals surface area contributed by atoms with Crippen molar-refractivity contribution in [3.63, 3.8) is 0 Å². The largest absolute Gasteiger partial charge is 0.391 e. The maximum Gasteiger partial charge on any atom is 0.224 e. The van der Waals surface area contributed by atoms with E-state index in [4.69, 9.17) is 19.4 Å². The number of nitrogens with one attached hydrogen (secondary N) is 1. The summed E-state index contributed by atoms with van der Waals surface area (Å²) in [6.45, 7) is 3.50. The molecule has 0 aliphatic rings. The summed E-state index contributed by atoms with van der Waals surface area (Å²) in [5.41, 5.74) is 0.405. The Morgan fingerprint density at radius 3 is 2.79 bits per heavy atom. The Morgan fingerprint density at radius 1 is 1.57 bits per heavy atom. The van der Waals surface area contributed by atoms with Crippen LogP contribution in [0.2, 0.25) is 5.28 Å². The highest BCUT2D eigenvalue weighted by molar-refractivity contribution is 6.35. The third-order valence-electron chi connectivity index (χ3n) is 1.88. The molecule has 14 heavy (non-hydrogen) atoms. The van der Waals surface area contributed by atoms with Crippen molar-refractivity contribution in [2.24, 2.45) is 0 Å². The lowest BCUT2D eigenvalue weighted by molar-refractivity contribution is 0.178. The fraction of sp³-hybridized carbons (Fsp3) is 0.500. The summed E-state index contributed by atoms with van der Waals surface area (Å²) in [6.07, 6.45) is 0.926. The topological polar surface area (TPSA) is 58.0 Å². The standard InChI is InChI=1S/C8H11BClN3O/c1-4(5(2)14)12-7-6(9)3-11-8(10)13-7/h3-5,14H,1-2H3,(H,11,12,13)/t4-,5-/m1/s1. The van der Waals surface area contributed by atoms with E-state index < -0.39 is 6.10 Å². The van der Waals surface area contributed by atoms with Crippen LogP contribution in [0.15, 0.2) is 6.20 Å². The Balaban J connectivity index is 2.80. The molecule has 0 amide bonds. The van der Waals surface area contributed by atoms with Gasteiger partial charge in [-0.15, -0.1) is 0 Å². The summed E-state index contributed by atoms with van der Waals surface area (Å²) >= 11 is 5.60. The molecule has 1 heterocycles. The number of hydrogen-bond acceptors (Lipinski definition) is 4. The molecule has 0 fully saturated rings. The smallest absolute Gasteiger partial charge is 0.224 e. The van der Waals surface area contributed by atoms with Crippen LogP contribution in [0, 0.1) is 0 Å². The van der Waals surface area contributed by atoms with Crippen LogP contribution < -0.4 is 10.8 Å². The molecule has 0 spiro atoms. The van der Waals surface area contributed by atoms with Crippen molar-refractivity contribution >= 4 is 30.7 Å². The molecule has 0 saturated heterocycles. The fourth-order valence-corrected chi connectivity index (χ4v) is 0.955. The van der Waals surface area contributed by atoms with Gasteiger partial charge in [0.25, 0.3) is 0 Å². The second-order valence-electron chi connectivity index (χ2n) is 3.12. The molecule has 1 rings (SSSR count). The maximum atomic E-state index is 9.26. The average molecular weight is 211 g/mol. The Kier molecular flexibility index (Phi) is 3.72. The maximum absolute atomic E-state index is 9.26. The lowest BCUT2D eigenvalue weighted by Gasteiger charge is -2.18. The van der Waals surface area contributed by atoms with E-state index in [1.807, 2.05) is 6.92 Å². The summed E-state index contributed by atoms with van der Waals surface area (Å²) < 4.78 is 0. The molecule has 2 radical (unpaired) electrons. The lowest BCUT2D eigenvalue weighted by atomic mass is 9.99. The first-order chi connectivity index (χ1) is 6.50. The number of aliphatic hydroxyl groups is 1. The molecule has 2 atom stereocenters. The molecule has 2 N–H and O–H groups in total. The van der Waals surface area contributed by atoms with Gasteiger partial charge in [-0.3, -0.25) is 0 Å². The fourth-order valence-electron chi connectivity index (χ4n) is 0.821. The van der Waals surface area contributed by atoms with Crippen LogP contribution in [0.4, 0.5) is 5.82 Å². The number of rotatable bonds is 3. The number of aromatic nitrogens is 2. The Bertz CT molecular complexity index is 321. The van der Waals surface area contributed by atoms with Crippen molar-refractivity contribution in [3.05, 3.63) is 11.5 Å². The molecule has 0 aliphatic heterocycles. The van der Waals surface area contributed by atoms with Gasteiger partial charge < -0.3 is 10.4 Å². The van der Waals surface area contributed by atoms with Crippen LogP contribution >= 0.6 is 11.6 Å². The molecule has 1 aromatic heterocycles. The third kappa shape index (κ3) is 2.85. The first-order valence-corrected chi connectivity index (χ1v) is 4.61. The highest BCUT2D eigenvalue weighted by Gasteiger charge is 2.10. The number of hydrogen-bond donors (Lipinski definition) is 2. The van der Waals surface area contributed by atoms with Crippen molar-refractivity contribution in [2.45, 2.75) is 26.0 Å². The molecule has 0 aliphatic carbocycles. The van der Waals surface area contributed by atoms with Crippen LogP contribution in [-0.2, 0) is 0 Å². The zero-order valence-electron chi connectivity index (χ0n) is 8.03. The van der Waals surface area contributed by atoms with Gasteiger partial charge in [0.1, 0.15) is 13.7 Å². The summed E-state index contributed by atoms with van der Waals surface area (Å²) in [7, 11) is 5.61.